The molecule has 9 heteroatoms. The number of unbranched alkanes of at least 4 members (excludes halogenated alkanes) is 2. The summed E-state index contributed by atoms with van der Waals surface area (Å²) in [5, 5.41) is 2.71. The van der Waals surface area contributed by atoms with E-state index in [0.29, 0.717) is 12.6 Å². The molecule has 2 rings (SSSR count). The number of amides is 1. The second-order valence-electron chi connectivity index (χ2n) is 6.17. The molecule has 2 N–H and O–H groups in total. The molecule has 0 aliphatic heterocycles. The minimum Gasteiger partial charge on any atom is -0.352 e. The number of alkyl halides is 3. The predicted octanol–water partition coefficient (Wildman–Crippen LogP) is 4.43. The fourth-order valence-electron chi connectivity index (χ4n) is 2.46. The average Bonchev–Trinajstić information content (AvgIpc) is 2.64. The van der Waals surface area contributed by atoms with Gasteiger partial charge in [0.15, 0.2) is 0 Å². The lowest BCUT2D eigenvalue weighted by atomic mass is 10.2. The van der Waals surface area contributed by atoms with Crippen molar-refractivity contribution in [1.29, 1.82) is 0 Å². The minimum absolute atomic E-state index is 0.156. The van der Waals surface area contributed by atoms with E-state index in [1.807, 2.05) is 6.92 Å². The summed E-state index contributed by atoms with van der Waals surface area (Å²) in [6, 6.07) is 9.22. The number of rotatable bonds is 8. The summed E-state index contributed by atoms with van der Waals surface area (Å²) in [7, 11) is -4.16. The summed E-state index contributed by atoms with van der Waals surface area (Å²) in [4.78, 5) is 11.9. The zero-order valence-electron chi connectivity index (χ0n) is 15.2. The number of halogens is 3. The molecule has 28 heavy (non-hydrogen) atoms. The maximum Gasteiger partial charge on any atom is 0.416 e. The average molecular weight is 414 g/mol. The molecule has 0 heterocycles. The fraction of sp³-hybridized carbons (Fsp3) is 0.316. The van der Waals surface area contributed by atoms with E-state index in [1.54, 1.807) is 0 Å². The van der Waals surface area contributed by atoms with Crippen molar-refractivity contribution < 1.29 is 26.4 Å². The molecule has 0 aliphatic carbocycles. The van der Waals surface area contributed by atoms with Crippen LogP contribution < -0.4 is 10.0 Å². The Balaban J connectivity index is 2.17. The number of carbonyl (C=O) groups is 1. The highest BCUT2D eigenvalue weighted by Crippen LogP contribution is 2.31. The molecule has 0 saturated carbocycles. The van der Waals surface area contributed by atoms with Crippen LogP contribution in [0.25, 0.3) is 0 Å². The summed E-state index contributed by atoms with van der Waals surface area (Å²) in [5.74, 6) is -0.410. The molecule has 0 unspecified atom stereocenters. The van der Waals surface area contributed by atoms with Crippen LogP contribution in [0.15, 0.2) is 53.4 Å². The summed E-state index contributed by atoms with van der Waals surface area (Å²) in [6.07, 6.45) is -1.80. The SMILES string of the molecule is CCCCCNC(=O)c1cccc(S(=O)(=O)Nc2cccc(C(F)(F)F)c2)c1. The lowest BCUT2D eigenvalue weighted by molar-refractivity contribution is -0.137. The lowest BCUT2D eigenvalue weighted by Crippen LogP contribution is -2.24. The minimum atomic E-state index is -4.59. The molecular formula is C19H21F3N2O3S. The molecular weight excluding hydrogens is 393 g/mol. The first-order chi connectivity index (χ1) is 13.1. The predicted molar refractivity (Wildman–Crippen MR) is 101 cm³/mol. The van der Waals surface area contributed by atoms with Gasteiger partial charge < -0.3 is 5.32 Å². The van der Waals surface area contributed by atoms with Gasteiger partial charge in [0, 0.05) is 17.8 Å². The molecule has 0 radical (unpaired) electrons. The van der Waals surface area contributed by atoms with Gasteiger partial charge >= 0.3 is 6.18 Å². The molecule has 0 spiro atoms. The van der Waals surface area contributed by atoms with Crippen LogP contribution in [-0.2, 0) is 16.2 Å². The number of carbonyl (C=O) groups excluding carboxylic acids is 1. The van der Waals surface area contributed by atoms with Gasteiger partial charge in [-0.25, -0.2) is 8.42 Å². The number of hydrogen-bond donors (Lipinski definition) is 2. The van der Waals surface area contributed by atoms with Crippen molar-refractivity contribution in [1.82, 2.24) is 5.32 Å². The van der Waals surface area contributed by atoms with Gasteiger partial charge in [0.25, 0.3) is 15.9 Å². The number of hydrogen-bond acceptors (Lipinski definition) is 3. The third-order valence-electron chi connectivity index (χ3n) is 3.91. The Labute approximate surface area is 162 Å². The Morgan fingerprint density at radius 3 is 2.43 bits per heavy atom. The Morgan fingerprint density at radius 2 is 1.75 bits per heavy atom. The molecule has 0 saturated heterocycles. The van der Waals surface area contributed by atoms with E-state index >= 15 is 0 Å². The van der Waals surface area contributed by atoms with Gasteiger partial charge in [-0.2, -0.15) is 13.2 Å². The first-order valence-corrected chi connectivity index (χ1v) is 10.2. The second-order valence-corrected chi connectivity index (χ2v) is 7.86. The summed E-state index contributed by atoms with van der Waals surface area (Å²) < 4.78 is 65.5. The molecule has 1 amide bonds. The zero-order valence-corrected chi connectivity index (χ0v) is 16.0. The van der Waals surface area contributed by atoms with Gasteiger partial charge in [-0.1, -0.05) is 31.9 Å². The second kappa shape index (κ2) is 9.09. The first-order valence-electron chi connectivity index (χ1n) is 8.72. The fourth-order valence-corrected chi connectivity index (χ4v) is 3.55. The molecule has 0 aromatic heterocycles. The topological polar surface area (TPSA) is 75.3 Å². The van der Waals surface area contributed by atoms with Gasteiger partial charge in [-0.15, -0.1) is 0 Å². The van der Waals surface area contributed by atoms with Crippen LogP contribution in [0.5, 0.6) is 0 Å². The molecule has 2 aromatic carbocycles. The maximum atomic E-state index is 12.8. The normalized spacial score (nSPS) is 11.9. The Hall–Kier alpha value is -2.55. The molecule has 152 valence electrons. The van der Waals surface area contributed by atoms with E-state index < -0.39 is 27.7 Å². The first kappa shape index (κ1) is 21.7. The van der Waals surface area contributed by atoms with Gasteiger partial charge in [-0.05, 0) is 42.8 Å². The molecule has 5 nitrogen and oxygen atoms in total. The summed E-state index contributed by atoms with van der Waals surface area (Å²) in [6.45, 7) is 2.51. The zero-order chi connectivity index (χ0) is 20.8. The molecule has 0 aliphatic rings. The van der Waals surface area contributed by atoms with Crippen molar-refractivity contribution >= 4 is 21.6 Å². The maximum absolute atomic E-state index is 12.8. The van der Waals surface area contributed by atoms with E-state index in [0.717, 1.165) is 31.4 Å². The lowest BCUT2D eigenvalue weighted by Gasteiger charge is -2.12. The molecule has 0 fully saturated rings. The van der Waals surface area contributed by atoms with Crippen molar-refractivity contribution in [2.75, 3.05) is 11.3 Å². The van der Waals surface area contributed by atoms with Crippen LogP contribution in [0.1, 0.15) is 42.1 Å². The molecule has 0 bridgehead atoms. The van der Waals surface area contributed by atoms with E-state index in [9.17, 15) is 26.4 Å². The Morgan fingerprint density at radius 1 is 1.04 bits per heavy atom. The molecule has 0 atom stereocenters. The Bertz CT molecular complexity index is 928. The van der Waals surface area contributed by atoms with E-state index in [2.05, 4.69) is 10.0 Å². The Kier molecular flexibility index (Phi) is 7.06. The van der Waals surface area contributed by atoms with Crippen LogP contribution in [0.4, 0.5) is 18.9 Å². The van der Waals surface area contributed by atoms with E-state index in [4.69, 9.17) is 0 Å². The van der Waals surface area contributed by atoms with Crippen molar-refractivity contribution in [3.63, 3.8) is 0 Å². The highest BCUT2D eigenvalue weighted by atomic mass is 32.2. The van der Waals surface area contributed by atoms with Crippen LogP contribution in [0, 0.1) is 0 Å². The smallest absolute Gasteiger partial charge is 0.352 e. The quantitative estimate of drug-likeness (QED) is 0.628. The largest absolute Gasteiger partial charge is 0.416 e. The van der Waals surface area contributed by atoms with Crippen LogP contribution >= 0.6 is 0 Å². The van der Waals surface area contributed by atoms with Crippen LogP contribution in [-0.4, -0.2) is 20.9 Å². The number of nitrogens with one attached hydrogen (secondary N) is 2. The van der Waals surface area contributed by atoms with Crippen molar-refractivity contribution in [3.8, 4) is 0 Å². The van der Waals surface area contributed by atoms with Gasteiger partial charge in [-0.3, -0.25) is 9.52 Å². The highest BCUT2D eigenvalue weighted by molar-refractivity contribution is 7.92. The summed E-state index contributed by atoms with van der Waals surface area (Å²) >= 11 is 0. The third kappa shape index (κ3) is 5.98. The number of anilines is 1. The standard InChI is InChI=1S/C19H21F3N2O3S/c1-2-3-4-11-23-18(25)14-7-5-10-17(12-14)28(26,27)24-16-9-6-8-15(13-16)19(20,21)22/h5-10,12-13,24H,2-4,11H2,1H3,(H,23,25). The van der Waals surface area contributed by atoms with Crippen molar-refractivity contribution in [2.45, 2.75) is 37.3 Å². The van der Waals surface area contributed by atoms with Gasteiger partial charge in [0.1, 0.15) is 0 Å². The summed E-state index contributed by atoms with van der Waals surface area (Å²) in [5.41, 5.74) is -1.03. The monoisotopic (exact) mass is 414 g/mol. The third-order valence-corrected chi connectivity index (χ3v) is 5.29. The van der Waals surface area contributed by atoms with Crippen molar-refractivity contribution in [3.05, 3.63) is 59.7 Å². The van der Waals surface area contributed by atoms with Crippen LogP contribution in [0.2, 0.25) is 0 Å². The van der Waals surface area contributed by atoms with E-state index in [-0.39, 0.29) is 16.1 Å². The highest BCUT2D eigenvalue weighted by Gasteiger charge is 2.30. The number of benzene rings is 2. The molecule has 2 aromatic rings. The van der Waals surface area contributed by atoms with Crippen LogP contribution in [0.3, 0.4) is 0 Å². The number of sulfonamides is 1. The van der Waals surface area contributed by atoms with Gasteiger partial charge in [0.05, 0.1) is 10.5 Å². The van der Waals surface area contributed by atoms with Gasteiger partial charge in [0.2, 0.25) is 0 Å². The van der Waals surface area contributed by atoms with E-state index in [1.165, 1.54) is 30.3 Å². The van der Waals surface area contributed by atoms with Crippen molar-refractivity contribution in [2.24, 2.45) is 0 Å².